The second-order valence-electron chi connectivity index (χ2n) is 7.27. The fourth-order valence-corrected chi connectivity index (χ4v) is 5.57. The summed E-state index contributed by atoms with van der Waals surface area (Å²) in [5.41, 5.74) is 0.356. The van der Waals surface area contributed by atoms with Crippen molar-refractivity contribution >= 4 is 10.0 Å². The molecular weight excluding hydrogens is 355 g/mol. The summed E-state index contributed by atoms with van der Waals surface area (Å²) in [7, 11) is -3.66. The van der Waals surface area contributed by atoms with Crippen molar-refractivity contribution in [3.05, 3.63) is 29.6 Å². The number of nitrogens with zero attached hydrogens (tertiary/aromatic N) is 2. The van der Waals surface area contributed by atoms with Gasteiger partial charge in [0.05, 0.1) is 4.90 Å². The molecule has 2 aliphatic rings. The summed E-state index contributed by atoms with van der Waals surface area (Å²) in [6, 6.07) is 4.02. The van der Waals surface area contributed by atoms with Crippen LogP contribution in [0.1, 0.15) is 37.7 Å². The van der Waals surface area contributed by atoms with Crippen LogP contribution in [0.3, 0.4) is 0 Å². The quantitative estimate of drug-likeness (QED) is 0.757. The Morgan fingerprint density at radius 1 is 1.19 bits per heavy atom. The van der Waals surface area contributed by atoms with Crippen molar-refractivity contribution < 1.29 is 17.5 Å². The first-order valence-corrected chi connectivity index (χ1v) is 11.0. The molecule has 1 aromatic carbocycles. The lowest BCUT2D eigenvalue weighted by atomic mass is 10.1. The summed E-state index contributed by atoms with van der Waals surface area (Å²) in [5.74, 6) is -0.380. The number of hydrogen-bond donors (Lipinski definition) is 0. The van der Waals surface area contributed by atoms with Crippen LogP contribution in [-0.4, -0.2) is 63.1 Å². The summed E-state index contributed by atoms with van der Waals surface area (Å²) in [4.78, 5) is 2.53. The molecule has 0 amide bonds. The van der Waals surface area contributed by atoms with Crippen molar-refractivity contribution in [3.63, 3.8) is 0 Å². The SMILES string of the molecule is Cc1cc(S(=O)(=O)N(CCN2CCCCC2)C2CCOCC2)ccc1F. The maximum Gasteiger partial charge on any atom is 0.243 e. The average molecular weight is 385 g/mol. The summed E-state index contributed by atoms with van der Waals surface area (Å²) < 4.78 is 47.3. The number of rotatable bonds is 6. The van der Waals surface area contributed by atoms with Crippen molar-refractivity contribution in [3.8, 4) is 0 Å². The zero-order valence-electron chi connectivity index (χ0n) is 15.5. The van der Waals surface area contributed by atoms with Crippen LogP contribution in [0.25, 0.3) is 0 Å². The Hall–Kier alpha value is -1.02. The van der Waals surface area contributed by atoms with Crippen LogP contribution in [0.5, 0.6) is 0 Å². The van der Waals surface area contributed by atoms with E-state index in [1.165, 1.54) is 37.5 Å². The van der Waals surface area contributed by atoms with Gasteiger partial charge in [0.25, 0.3) is 0 Å². The lowest BCUT2D eigenvalue weighted by molar-refractivity contribution is 0.0557. The molecule has 0 atom stereocenters. The minimum Gasteiger partial charge on any atom is -0.381 e. The summed E-state index contributed by atoms with van der Waals surface area (Å²) in [6.45, 7) is 6.07. The number of benzene rings is 1. The predicted molar refractivity (Wildman–Crippen MR) is 99.2 cm³/mol. The standard InChI is InChI=1S/C19H29FN2O3S/c1-16-15-18(5-6-19(16)20)26(23,24)22(17-7-13-25-14-8-17)12-11-21-9-3-2-4-10-21/h5-6,15,17H,2-4,7-14H2,1H3. The number of sulfonamides is 1. The summed E-state index contributed by atoms with van der Waals surface area (Å²) >= 11 is 0. The van der Waals surface area contributed by atoms with E-state index in [0.717, 1.165) is 19.6 Å². The van der Waals surface area contributed by atoms with Gasteiger partial charge in [-0.2, -0.15) is 4.31 Å². The molecule has 0 N–H and O–H groups in total. The lowest BCUT2D eigenvalue weighted by Gasteiger charge is -2.35. The van der Waals surface area contributed by atoms with Gasteiger partial charge in [-0.25, -0.2) is 12.8 Å². The van der Waals surface area contributed by atoms with Crippen LogP contribution in [-0.2, 0) is 14.8 Å². The van der Waals surface area contributed by atoms with E-state index in [1.807, 2.05) is 0 Å². The largest absolute Gasteiger partial charge is 0.381 e. The third-order valence-electron chi connectivity index (χ3n) is 5.42. The molecule has 0 bridgehead atoms. The number of hydrogen-bond acceptors (Lipinski definition) is 4. The van der Waals surface area contributed by atoms with Gasteiger partial charge in [-0.15, -0.1) is 0 Å². The zero-order chi connectivity index (χ0) is 18.6. The molecule has 3 rings (SSSR count). The molecule has 0 saturated carbocycles. The van der Waals surface area contributed by atoms with Gasteiger partial charge in [0.1, 0.15) is 5.82 Å². The van der Waals surface area contributed by atoms with E-state index in [9.17, 15) is 12.8 Å². The van der Waals surface area contributed by atoms with Crippen LogP contribution >= 0.6 is 0 Å². The van der Waals surface area contributed by atoms with E-state index < -0.39 is 10.0 Å². The number of aryl methyl sites for hydroxylation is 1. The highest BCUT2D eigenvalue weighted by atomic mass is 32.2. The average Bonchev–Trinajstić information content (AvgIpc) is 2.65. The molecular formula is C19H29FN2O3S. The molecule has 2 heterocycles. The first-order chi connectivity index (χ1) is 12.5. The second-order valence-corrected chi connectivity index (χ2v) is 9.16. The molecule has 2 saturated heterocycles. The molecule has 0 aromatic heterocycles. The maximum atomic E-state index is 13.6. The van der Waals surface area contributed by atoms with E-state index in [4.69, 9.17) is 4.74 Å². The van der Waals surface area contributed by atoms with E-state index >= 15 is 0 Å². The smallest absolute Gasteiger partial charge is 0.243 e. The van der Waals surface area contributed by atoms with Gasteiger partial charge in [-0.3, -0.25) is 0 Å². The molecule has 26 heavy (non-hydrogen) atoms. The Kier molecular flexibility index (Phi) is 6.66. The van der Waals surface area contributed by atoms with Gasteiger partial charge in [0.15, 0.2) is 0 Å². The molecule has 0 radical (unpaired) electrons. The van der Waals surface area contributed by atoms with Gasteiger partial charge in [-0.05, 0) is 69.5 Å². The van der Waals surface area contributed by atoms with Crippen molar-refractivity contribution in [1.29, 1.82) is 0 Å². The number of piperidine rings is 1. The first kappa shape index (κ1) is 19.7. The summed E-state index contributed by atoms with van der Waals surface area (Å²) in [6.07, 6.45) is 5.04. The second kappa shape index (κ2) is 8.78. The number of likely N-dealkylation sites (tertiary alicyclic amines) is 1. The van der Waals surface area contributed by atoms with Crippen LogP contribution in [0, 0.1) is 12.7 Å². The molecule has 0 spiro atoms. The van der Waals surface area contributed by atoms with Crippen LogP contribution < -0.4 is 0 Å². The van der Waals surface area contributed by atoms with Gasteiger partial charge in [0, 0.05) is 32.3 Å². The fraction of sp³-hybridized carbons (Fsp3) is 0.684. The molecule has 7 heteroatoms. The number of ether oxygens (including phenoxy) is 1. The molecule has 5 nitrogen and oxygen atoms in total. The van der Waals surface area contributed by atoms with Gasteiger partial charge in [0.2, 0.25) is 10.0 Å². The van der Waals surface area contributed by atoms with Crippen LogP contribution in [0.4, 0.5) is 4.39 Å². The molecule has 146 valence electrons. The monoisotopic (exact) mass is 384 g/mol. The Labute approximate surface area is 156 Å². The minimum absolute atomic E-state index is 0.0519. The highest BCUT2D eigenvalue weighted by Crippen LogP contribution is 2.25. The van der Waals surface area contributed by atoms with Gasteiger partial charge >= 0.3 is 0 Å². The Bertz CT molecular complexity index is 699. The third kappa shape index (κ3) is 4.63. The molecule has 0 aliphatic carbocycles. The van der Waals surface area contributed by atoms with Crippen molar-refractivity contribution in [2.45, 2.75) is 50.0 Å². The highest BCUT2D eigenvalue weighted by Gasteiger charge is 2.33. The van der Waals surface area contributed by atoms with Crippen molar-refractivity contribution in [1.82, 2.24) is 9.21 Å². The van der Waals surface area contributed by atoms with E-state index in [2.05, 4.69) is 4.90 Å². The van der Waals surface area contributed by atoms with Crippen molar-refractivity contribution in [2.75, 3.05) is 39.4 Å². The van der Waals surface area contributed by atoms with E-state index in [1.54, 1.807) is 11.2 Å². The normalized spacial score (nSPS) is 20.6. The van der Waals surface area contributed by atoms with Crippen LogP contribution in [0.15, 0.2) is 23.1 Å². The zero-order valence-corrected chi connectivity index (χ0v) is 16.3. The van der Waals surface area contributed by atoms with Crippen LogP contribution in [0.2, 0.25) is 0 Å². The fourth-order valence-electron chi connectivity index (χ4n) is 3.81. The van der Waals surface area contributed by atoms with Gasteiger partial charge < -0.3 is 9.64 Å². The Morgan fingerprint density at radius 2 is 1.88 bits per heavy atom. The summed E-state index contributed by atoms with van der Waals surface area (Å²) in [5, 5.41) is 0. The van der Waals surface area contributed by atoms with Gasteiger partial charge in [-0.1, -0.05) is 6.42 Å². The van der Waals surface area contributed by atoms with Crippen molar-refractivity contribution in [2.24, 2.45) is 0 Å². The lowest BCUT2D eigenvalue weighted by Crippen LogP contribution is -2.47. The third-order valence-corrected chi connectivity index (χ3v) is 7.37. The highest BCUT2D eigenvalue weighted by molar-refractivity contribution is 7.89. The predicted octanol–water partition coefficient (Wildman–Crippen LogP) is 2.79. The molecule has 0 unspecified atom stereocenters. The Morgan fingerprint density at radius 3 is 2.54 bits per heavy atom. The van der Waals surface area contributed by atoms with E-state index in [-0.39, 0.29) is 16.8 Å². The minimum atomic E-state index is -3.66. The Balaban J connectivity index is 1.81. The molecule has 1 aromatic rings. The first-order valence-electron chi connectivity index (χ1n) is 9.56. The maximum absolute atomic E-state index is 13.6. The molecule has 2 fully saturated rings. The molecule has 2 aliphatic heterocycles. The topological polar surface area (TPSA) is 49.9 Å². The number of halogens is 1. The van der Waals surface area contributed by atoms with E-state index in [0.29, 0.717) is 38.2 Å².